The average molecular weight is 365 g/mol. The number of carbonyl (C=O) groups is 2. The fraction of sp³-hybridized carbons (Fsp3) is 0.722. The summed E-state index contributed by atoms with van der Waals surface area (Å²) in [6.07, 6.45) is 10.7. The van der Waals surface area contributed by atoms with Gasteiger partial charge in [-0.2, -0.15) is 0 Å². The molecular formula is C18H28N4O2S. The van der Waals surface area contributed by atoms with E-state index in [1.165, 1.54) is 43.4 Å². The number of carbonyl (C=O) groups excluding carboxylic acids is 2. The summed E-state index contributed by atoms with van der Waals surface area (Å²) in [4.78, 5) is 30.8. The van der Waals surface area contributed by atoms with E-state index in [-0.39, 0.29) is 18.0 Å². The van der Waals surface area contributed by atoms with E-state index in [2.05, 4.69) is 15.6 Å². The molecule has 0 unspecified atom stereocenters. The molecule has 0 spiro atoms. The Morgan fingerprint density at radius 1 is 1.08 bits per heavy atom. The van der Waals surface area contributed by atoms with Crippen LogP contribution in [-0.2, 0) is 11.2 Å². The molecule has 0 radical (unpaired) electrons. The van der Waals surface area contributed by atoms with Crippen LogP contribution in [0.2, 0.25) is 0 Å². The Kier molecular flexibility index (Phi) is 6.67. The third-order valence-electron chi connectivity index (χ3n) is 5.00. The molecule has 3 rings (SSSR count). The number of nitrogens with one attached hydrogen (secondary N) is 2. The first-order valence-electron chi connectivity index (χ1n) is 9.50. The highest BCUT2D eigenvalue weighted by Gasteiger charge is 2.19. The minimum absolute atomic E-state index is 0.144. The molecule has 3 amide bonds. The fourth-order valence-corrected chi connectivity index (χ4v) is 4.30. The fourth-order valence-electron chi connectivity index (χ4n) is 3.60. The van der Waals surface area contributed by atoms with Gasteiger partial charge in [-0.1, -0.05) is 32.1 Å². The third-order valence-corrected chi connectivity index (χ3v) is 5.81. The second kappa shape index (κ2) is 9.17. The molecule has 1 aliphatic carbocycles. The van der Waals surface area contributed by atoms with E-state index in [4.69, 9.17) is 0 Å². The highest BCUT2D eigenvalue weighted by molar-refractivity contribution is 7.13. The van der Waals surface area contributed by atoms with Gasteiger partial charge in [0.15, 0.2) is 5.13 Å². The molecule has 1 aliphatic heterocycles. The molecule has 1 saturated carbocycles. The lowest BCUT2D eigenvalue weighted by Gasteiger charge is -2.22. The van der Waals surface area contributed by atoms with Crippen molar-refractivity contribution in [3.63, 3.8) is 0 Å². The number of hydrogen-bond donors (Lipinski definition) is 2. The minimum Gasteiger partial charge on any atom is -0.342 e. The zero-order chi connectivity index (χ0) is 17.5. The maximum absolute atomic E-state index is 12.4. The molecule has 2 fully saturated rings. The topological polar surface area (TPSA) is 74.3 Å². The molecule has 138 valence electrons. The number of hydrogen-bond acceptors (Lipinski definition) is 4. The maximum atomic E-state index is 12.4. The summed E-state index contributed by atoms with van der Waals surface area (Å²) in [6.45, 7) is 1.72. The van der Waals surface area contributed by atoms with Crippen molar-refractivity contribution >= 4 is 28.4 Å². The number of rotatable bonds is 4. The lowest BCUT2D eigenvalue weighted by atomic mass is 9.96. The van der Waals surface area contributed by atoms with Gasteiger partial charge >= 0.3 is 6.03 Å². The van der Waals surface area contributed by atoms with Gasteiger partial charge < -0.3 is 10.2 Å². The summed E-state index contributed by atoms with van der Waals surface area (Å²) in [7, 11) is 0. The Labute approximate surface area is 153 Å². The van der Waals surface area contributed by atoms with E-state index >= 15 is 0 Å². The molecular weight excluding hydrogens is 336 g/mol. The van der Waals surface area contributed by atoms with E-state index in [0.717, 1.165) is 44.5 Å². The molecule has 1 saturated heterocycles. The number of urea groups is 1. The van der Waals surface area contributed by atoms with Crippen molar-refractivity contribution in [2.24, 2.45) is 0 Å². The molecule has 0 bridgehead atoms. The van der Waals surface area contributed by atoms with Crippen LogP contribution in [0.4, 0.5) is 9.93 Å². The van der Waals surface area contributed by atoms with Crippen molar-refractivity contribution < 1.29 is 9.59 Å². The van der Waals surface area contributed by atoms with Gasteiger partial charge in [-0.05, 0) is 25.7 Å². The highest BCUT2D eigenvalue weighted by atomic mass is 32.1. The number of thiazole rings is 1. The second-order valence-electron chi connectivity index (χ2n) is 7.05. The number of likely N-dealkylation sites (tertiary alicyclic amines) is 1. The molecule has 7 heteroatoms. The first kappa shape index (κ1) is 18.2. The van der Waals surface area contributed by atoms with E-state index in [1.54, 1.807) is 0 Å². The highest BCUT2D eigenvalue weighted by Crippen LogP contribution is 2.19. The molecule has 0 atom stereocenters. The van der Waals surface area contributed by atoms with Gasteiger partial charge in [0.1, 0.15) is 0 Å². The minimum atomic E-state index is -0.188. The number of nitrogens with zero attached hydrogens (tertiary/aromatic N) is 2. The Hall–Kier alpha value is -1.63. The molecule has 2 heterocycles. The van der Waals surface area contributed by atoms with Gasteiger partial charge in [0, 0.05) is 24.5 Å². The van der Waals surface area contributed by atoms with Crippen LogP contribution in [0.5, 0.6) is 0 Å². The summed E-state index contributed by atoms with van der Waals surface area (Å²) in [5.74, 6) is 0.144. The molecule has 1 aromatic heterocycles. The van der Waals surface area contributed by atoms with Crippen LogP contribution in [-0.4, -0.2) is 41.0 Å². The molecule has 2 aliphatic rings. The van der Waals surface area contributed by atoms with Crippen molar-refractivity contribution in [3.05, 3.63) is 11.1 Å². The van der Waals surface area contributed by atoms with Gasteiger partial charge in [0.2, 0.25) is 5.91 Å². The summed E-state index contributed by atoms with van der Waals surface area (Å²) in [5, 5.41) is 8.25. The van der Waals surface area contributed by atoms with Crippen LogP contribution >= 0.6 is 11.3 Å². The molecule has 6 nitrogen and oxygen atoms in total. The monoisotopic (exact) mass is 364 g/mol. The third kappa shape index (κ3) is 5.70. The van der Waals surface area contributed by atoms with Gasteiger partial charge in [0.25, 0.3) is 0 Å². The summed E-state index contributed by atoms with van der Waals surface area (Å²) >= 11 is 1.38. The maximum Gasteiger partial charge on any atom is 0.321 e. The lowest BCUT2D eigenvalue weighted by molar-refractivity contribution is -0.130. The summed E-state index contributed by atoms with van der Waals surface area (Å²) in [5.41, 5.74) is 0.743. The van der Waals surface area contributed by atoms with Crippen molar-refractivity contribution in [1.82, 2.24) is 15.2 Å². The van der Waals surface area contributed by atoms with E-state index in [1.807, 2.05) is 10.3 Å². The number of amides is 3. The van der Waals surface area contributed by atoms with Gasteiger partial charge in [0.05, 0.1) is 12.1 Å². The summed E-state index contributed by atoms with van der Waals surface area (Å²) in [6, 6.07) is 0.0874. The van der Waals surface area contributed by atoms with Crippen LogP contribution in [0, 0.1) is 0 Å². The largest absolute Gasteiger partial charge is 0.342 e. The quantitative estimate of drug-likeness (QED) is 0.858. The zero-order valence-corrected chi connectivity index (χ0v) is 15.6. The first-order chi connectivity index (χ1) is 12.2. The zero-order valence-electron chi connectivity index (χ0n) is 14.8. The molecule has 2 N–H and O–H groups in total. The SMILES string of the molecule is O=C(Nc1nc(CC(=O)N2CCCCCC2)cs1)NC1CCCCC1. The lowest BCUT2D eigenvalue weighted by Crippen LogP contribution is -2.39. The van der Waals surface area contributed by atoms with Crippen molar-refractivity contribution in [2.45, 2.75) is 70.3 Å². The van der Waals surface area contributed by atoms with E-state index < -0.39 is 0 Å². The standard InChI is InChI=1S/C18H28N4O2S/c23-16(22-10-6-1-2-7-11-22)12-15-13-25-18(20-15)21-17(24)19-14-8-4-3-5-9-14/h13-14H,1-12H2,(H2,19,20,21,24). The molecule has 25 heavy (non-hydrogen) atoms. The van der Waals surface area contributed by atoms with Gasteiger partial charge in [-0.15, -0.1) is 11.3 Å². The van der Waals surface area contributed by atoms with Crippen molar-refractivity contribution in [2.75, 3.05) is 18.4 Å². The predicted molar refractivity (Wildman–Crippen MR) is 99.9 cm³/mol. The Balaban J connectivity index is 1.46. The molecule has 1 aromatic rings. The van der Waals surface area contributed by atoms with Gasteiger partial charge in [-0.3, -0.25) is 10.1 Å². The normalized spacial score (nSPS) is 19.3. The number of anilines is 1. The van der Waals surface area contributed by atoms with Crippen molar-refractivity contribution in [1.29, 1.82) is 0 Å². The smallest absolute Gasteiger partial charge is 0.321 e. The van der Waals surface area contributed by atoms with Gasteiger partial charge in [-0.25, -0.2) is 9.78 Å². The van der Waals surface area contributed by atoms with Crippen LogP contribution in [0.3, 0.4) is 0 Å². The Morgan fingerprint density at radius 2 is 1.76 bits per heavy atom. The molecule has 0 aromatic carbocycles. The van der Waals surface area contributed by atoms with Crippen molar-refractivity contribution in [3.8, 4) is 0 Å². The van der Waals surface area contributed by atoms with Crippen LogP contribution in [0.1, 0.15) is 63.5 Å². The van der Waals surface area contributed by atoms with Crippen LogP contribution < -0.4 is 10.6 Å². The average Bonchev–Trinajstić information content (AvgIpc) is 2.86. The predicted octanol–water partition coefficient (Wildman–Crippen LogP) is 3.54. The number of aromatic nitrogens is 1. The summed E-state index contributed by atoms with van der Waals surface area (Å²) < 4.78 is 0. The van der Waals surface area contributed by atoms with Crippen LogP contribution in [0.25, 0.3) is 0 Å². The van der Waals surface area contributed by atoms with E-state index in [9.17, 15) is 9.59 Å². The van der Waals surface area contributed by atoms with E-state index in [0.29, 0.717) is 11.6 Å². The second-order valence-corrected chi connectivity index (χ2v) is 7.91. The first-order valence-corrected chi connectivity index (χ1v) is 10.4. The Morgan fingerprint density at radius 3 is 2.48 bits per heavy atom. The Bertz CT molecular complexity index is 575. The van der Waals surface area contributed by atoms with Crippen LogP contribution in [0.15, 0.2) is 5.38 Å².